The van der Waals surface area contributed by atoms with Crippen LogP contribution >= 0.6 is 0 Å². The highest BCUT2D eigenvalue weighted by Crippen LogP contribution is 2.03. The maximum atomic E-state index is 10.5. The Bertz CT molecular complexity index is 295. The summed E-state index contributed by atoms with van der Waals surface area (Å²) in [5, 5.41) is 0. The van der Waals surface area contributed by atoms with E-state index in [2.05, 4.69) is 0 Å². The lowest BCUT2D eigenvalue weighted by Gasteiger charge is -2.12. The number of esters is 1. The van der Waals surface area contributed by atoms with E-state index in [1.807, 2.05) is 37.3 Å². The van der Waals surface area contributed by atoms with Crippen molar-refractivity contribution in [2.24, 2.45) is 0 Å². The van der Waals surface area contributed by atoms with Crippen LogP contribution in [-0.2, 0) is 20.9 Å². The fourth-order valence-electron chi connectivity index (χ4n) is 1.10. The molecule has 1 rings (SSSR count). The van der Waals surface area contributed by atoms with E-state index in [0.717, 1.165) is 5.56 Å². The topological polar surface area (TPSA) is 35.5 Å². The van der Waals surface area contributed by atoms with Gasteiger partial charge in [0.2, 0.25) is 0 Å². The molecule has 0 N–H and O–H groups in total. The Morgan fingerprint density at radius 2 is 2.00 bits per heavy atom. The van der Waals surface area contributed by atoms with Crippen LogP contribution in [0, 0.1) is 0 Å². The van der Waals surface area contributed by atoms with Crippen LogP contribution in [0.5, 0.6) is 0 Å². The summed E-state index contributed by atoms with van der Waals surface area (Å²) in [5.74, 6) is -0.273. The van der Waals surface area contributed by atoms with Gasteiger partial charge in [-0.1, -0.05) is 30.3 Å². The van der Waals surface area contributed by atoms with Gasteiger partial charge >= 0.3 is 5.97 Å². The van der Waals surface area contributed by atoms with Gasteiger partial charge in [-0.2, -0.15) is 0 Å². The summed E-state index contributed by atoms with van der Waals surface area (Å²) in [4.78, 5) is 10.5. The Balaban J connectivity index is 2.22. The largest absolute Gasteiger partial charge is 0.463 e. The van der Waals surface area contributed by atoms with E-state index < -0.39 is 0 Å². The molecule has 0 spiro atoms. The molecule has 3 heteroatoms. The number of hydrogen-bond donors (Lipinski definition) is 0. The van der Waals surface area contributed by atoms with Crippen LogP contribution in [0.25, 0.3) is 0 Å². The van der Waals surface area contributed by atoms with E-state index in [1.54, 1.807) is 0 Å². The molecule has 0 aliphatic carbocycles. The third-order valence-electron chi connectivity index (χ3n) is 1.90. The van der Waals surface area contributed by atoms with Gasteiger partial charge in [0, 0.05) is 6.92 Å². The minimum atomic E-state index is -0.273. The molecule has 0 saturated carbocycles. The van der Waals surface area contributed by atoms with Crippen LogP contribution in [0.2, 0.25) is 0 Å². The van der Waals surface area contributed by atoms with E-state index >= 15 is 0 Å². The zero-order valence-electron chi connectivity index (χ0n) is 9.10. The van der Waals surface area contributed by atoms with Gasteiger partial charge in [-0.25, -0.2) is 0 Å². The van der Waals surface area contributed by atoms with E-state index in [4.69, 9.17) is 9.47 Å². The van der Waals surface area contributed by atoms with Crippen molar-refractivity contribution in [1.29, 1.82) is 0 Å². The van der Waals surface area contributed by atoms with Crippen molar-refractivity contribution in [2.45, 2.75) is 26.6 Å². The van der Waals surface area contributed by atoms with Gasteiger partial charge in [-0.15, -0.1) is 0 Å². The first-order chi connectivity index (χ1) is 7.18. The minimum Gasteiger partial charge on any atom is -0.463 e. The van der Waals surface area contributed by atoms with Crippen molar-refractivity contribution in [2.75, 3.05) is 6.61 Å². The summed E-state index contributed by atoms with van der Waals surface area (Å²) < 4.78 is 10.3. The molecule has 3 nitrogen and oxygen atoms in total. The van der Waals surface area contributed by atoms with Crippen LogP contribution in [0.3, 0.4) is 0 Å². The van der Waals surface area contributed by atoms with E-state index in [1.165, 1.54) is 6.92 Å². The van der Waals surface area contributed by atoms with Crippen molar-refractivity contribution >= 4 is 5.97 Å². The molecule has 0 amide bonds. The predicted octanol–water partition coefficient (Wildman–Crippen LogP) is 2.15. The van der Waals surface area contributed by atoms with Crippen LogP contribution in [0.1, 0.15) is 19.4 Å². The monoisotopic (exact) mass is 208 g/mol. The number of rotatable bonds is 5. The summed E-state index contributed by atoms with van der Waals surface area (Å²) in [7, 11) is 0. The number of ether oxygens (including phenoxy) is 2. The predicted molar refractivity (Wildman–Crippen MR) is 57.3 cm³/mol. The quantitative estimate of drug-likeness (QED) is 0.695. The SMILES string of the molecule is CC(=O)OC[C@@H](C)OCc1ccccc1. The summed E-state index contributed by atoms with van der Waals surface area (Å²) >= 11 is 0. The average molecular weight is 208 g/mol. The second-order valence-corrected chi connectivity index (χ2v) is 3.41. The van der Waals surface area contributed by atoms with Crippen molar-refractivity contribution in [1.82, 2.24) is 0 Å². The molecular weight excluding hydrogens is 192 g/mol. The molecule has 0 aliphatic rings. The van der Waals surface area contributed by atoms with Gasteiger partial charge in [-0.05, 0) is 12.5 Å². The van der Waals surface area contributed by atoms with Crippen LogP contribution in [0.15, 0.2) is 30.3 Å². The first-order valence-corrected chi connectivity index (χ1v) is 4.97. The molecule has 0 radical (unpaired) electrons. The third kappa shape index (κ3) is 5.18. The standard InChI is InChI=1S/C12H16O3/c1-10(8-15-11(2)13)14-9-12-6-4-3-5-7-12/h3-7,10H,8-9H2,1-2H3/t10-/m1/s1. The lowest BCUT2D eigenvalue weighted by molar-refractivity contribution is -0.145. The second kappa shape index (κ2) is 6.19. The van der Waals surface area contributed by atoms with Crippen LogP contribution < -0.4 is 0 Å². The van der Waals surface area contributed by atoms with Crippen molar-refractivity contribution in [3.05, 3.63) is 35.9 Å². The number of carbonyl (C=O) groups excluding carboxylic acids is 1. The molecule has 82 valence electrons. The zero-order valence-corrected chi connectivity index (χ0v) is 9.10. The van der Waals surface area contributed by atoms with Gasteiger partial charge in [0.05, 0.1) is 12.7 Å². The maximum Gasteiger partial charge on any atom is 0.302 e. The molecular formula is C12H16O3. The van der Waals surface area contributed by atoms with Gasteiger partial charge in [0.25, 0.3) is 0 Å². The summed E-state index contributed by atoms with van der Waals surface area (Å²) in [6.45, 7) is 4.13. The average Bonchev–Trinajstić information content (AvgIpc) is 2.25. The highest BCUT2D eigenvalue weighted by atomic mass is 16.6. The molecule has 0 bridgehead atoms. The minimum absolute atomic E-state index is 0.0749. The smallest absolute Gasteiger partial charge is 0.302 e. The fraction of sp³-hybridized carbons (Fsp3) is 0.417. The number of hydrogen-bond acceptors (Lipinski definition) is 3. The van der Waals surface area contributed by atoms with Gasteiger partial charge in [0.15, 0.2) is 0 Å². The summed E-state index contributed by atoms with van der Waals surface area (Å²) in [5.41, 5.74) is 1.12. The lowest BCUT2D eigenvalue weighted by Crippen LogP contribution is -2.17. The highest BCUT2D eigenvalue weighted by molar-refractivity contribution is 5.65. The number of benzene rings is 1. The molecule has 0 aliphatic heterocycles. The van der Waals surface area contributed by atoms with Crippen LogP contribution in [0.4, 0.5) is 0 Å². The molecule has 0 unspecified atom stereocenters. The van der Waals surface area contributed by atoms with Gasteiger partial charge in [-0.3, -0.25) is 4.79 Å². The fourth-order valence-corrected chi connectivity index (χ4v) is 1.10. The Morgan fingerprint density at radius 3 is 2.60 bits per heavy atom. The Labute approximate surface area is 90.0 Å². The summed E-state index contributed by atoms with van der Waals surface area (Å²) in [6, 6.07) is 9.90. The molecule has 0 saturated heterocycles. The number of carbonyl (C=O) groups is 1. The van der Waals surface area contributed by atoms with Gasteiger partial charge < -0.3 is 9.47 Å². The van der Waals surface area contributed by atoms with Crippen molar-refractivity contribution in [3.8, 4) is 0 Å². The van der Waals surface area contributed by atoms with Gasteiger partial charge in [0.1, 0.15) is 6.61 Å². The molecule has 0 fully saturated rings. The van der Waals surface area contributed by atoms with E-state index in [9.17, 15) is 4.79 Å². The molecule has 0 heterocycles. The zero-order chi connectivity index (χ0) is 11.1. The Hall–Kier alpha value is -1.35. The molecule has 1 atom stereocenters. The highest BCUT2D eigenvalue weighted by Gasteiger charge is 2.04. The normalized spacial score (nSPS) is 12.1. The molecule has 1 aromatic carbocycles. The first kappa shape index (κ1) is 11.7. The van der Waals surface area contributed by atoms with E-state index in [0.29, 0.717) is 13.2 Å². The molecule has 15 heavy (non-hydrogen) atoms. The van der Waals surface area contributed by atoms with Crippen molar-refractivity contribution in [3.63, 3.8) is 0 Å². The third-order valence-corrected chi connectivity index (χ3v) is 1.90. The maximum absolute atomic E-state index is 10.5. The van der Waals surface area contributed by atoms with E-state index in [-0.39, 0.29) is 12.1 Å². The molecule has 0 aromatic heterocycles. The summed E-state index contributed by atoms with van der Waals surface area (Å²) in [6.07, 6.45) is -0.0749. The first-order valence-electron chi connectivity index (χ1n) is 4.97. The van der Waals surface area contributed by atoms with Crippen LogP contribution in [-0.4, -0.2) is 18.7 Å². The van der Waals surface area contributed by atoms with Crippen molar-refractivity contribution < 1.29 is 14.3 Å². The molecule has 1 aromatic rings. The Kier molecular flexibility index (Phi) is 4.84. The lowest BCUT2D eigenvalue weighted by atomic mass is 10.2. The second-order valence-electron chi connectivity index (χ2n) is 3.41. The Morgan fingerprint density at radius 1 is 1.33 bits per heavy atom.